The molecule has 0 saturated heterocycles. The lowest BCUT2D eigenvalue weighted by atomic mass is 9.90. The van der Waals surface area contributed by atoms with Crippen LogP contribution in [0.4, 0.5) is 10.1 Å². The van der Waals surface area contributed by atoms with Crippen molar-refractivity contribution in [3.05, 3.63) is 76.6 Å². The van der Waals surface area contributed by atoms with E-state index in [1.165, 1.54) is 17.8 Å². The number of phenols is 1. The van der Waals surface area contributed by atoms with E-state index in [0.29, 0.717) is 6.42 Å². The van der Waals surface area contributed by atoms with Crippen LogP contribution in [0.1, 0.15) is 41.7 Å². The summed E-state index contributed by atoms with van der Waals surface area (Å²) in [6.45, 7) is 3.79. The Hall–Kier alpha value is -3.51. The van der Waals surface area contributed by atoms with Crippen LogP contribution >= 0.6 is 0 Å². The van der Waals surface area contributed by atoms with Gasteiger partial charge in [0.2, 0.25) is 0 Å². The maximum absolute atomic E-state index is 14.2. The lowest BCUT2D eigenvalue weighted by Crippen LogP contribution is -2.23. The van der Waals surface area contributed by atoms with Crippen LogP contribution in [-0.2, 0) is 19.4 Å². The number of aromatic hydroxyl groups is 1. The van der Waals surface area contributed by atoms with E-state index in [2.05, 4.69) is 28.5 Å². The summed E-state index contributed by atoms with van der Waals surface area (Å²) >= 11 is 0. The summed E-state index contributed by atoms with van der Waals surface area (Å²) in [6.07, 6.45) is 6.74. The van der Waals surface area contributed by atoms with Crippen LogP contribution < -0.4 is 5.32 Å². The van der Waals surface area contributed by atoms with Crippen molar-refractivity contribution in [1.82, 2.24) is 15.3 Å². The van der Waals surface area contributed by atoms with Gasteiger partial charge in [0.15, 0.2) is 11.6 Å². The first-order valence-electron chi connectivity index (χ1n) is 11.1. The van der Waals surface area contributed by atoms with E-state index < -0.39 is 5.82 Å². The average molecular weight is 426 g/mol. The molecule has 0 saturated carbocycles. The highest BCUT2D eigenvalue weighted by Crippen LogP contribution is 2.42. The number of halogens is 1. The van der Waals surface area contributed by atoms with Gasteiger partial charge in [-0.3, -0.25) is 4.99 Å². The lowest BCUT2D eigenvalue weighted by Gasteiger charge is -2.13. The number of nitrogens with zero attached hydrogens (tertiary/aromatic N) is 2. The number of hydrogen-bond acceptors (Lipinski definition) is 4. The van der Waals surface area contributed by atoms with E-state index in [4.69, 9.17) is 9.98 Å². The highest BCUT2D eigenvalue weighted by atomic mass is 19.1. The summed E-state index contributed by atoms with van der Waals surface area (Å²) in [5, 5.41) is 13.2. The van der Waals surface area contributed by atoms with Crippen molar-refractivity contribution in [1.29, 1.82) is 0 Å². The van der Waals surface area contributed by atoms with Gasteiger partial charge < -0.3 is 15.4 Å². The molecule has 6 heteroatoms. The van der Waals surface area contributed by atoms with E-state index in [9.17, 15) is 9.50 Å². The van der Waals surface area contributed by atoms with Gasteiger partial charge in [-0.1, -0.05) is 19.1 Å². The van der Waals surface area contributed by atoms with Gasteiger partial charge in [0, 0.05) is 42.6 Å². The standard InChI is InChI=1S/C26H23FN4O/c1-2-14-11-25(32)20(27)12-17(14)15-3-5-21-18(9-15)19-10-16(4-6-22(19)29-21)26-30-23-7-8-28-13-24(23)31-26/h3-5,9-12,28,32H,2,6-8,13H2,1H3,(H,30,31). The van der Waals surface area contributed by atoms with Crippen LogP contribution in [0, 0.1) is 5.82 Å². The number of hydrogen-bond donors (Lipinski definition) is 3. The van der Waals surface area contributed by atoms with Gasteiger partial charge in [-0.2, -0.15) is 0 Å². The second-order valence-electron chi connectivity index (χ2n) is 8.46. The fourth-order valence-corrected chi connectivity index (χ4v) is 4.80. The van der Waals surface area contributed by atoms with Crippen LogP contribution in [0.15, 0.2) is 47.5 Å². The molecule has 3 N–H and O–H groups in total. The van der Waals surface area contributed by atoms with Gasteiger partial charge >= 0.3 is 0 Å². The zero-order chi connectivity index (χ0) is 21.8. The number of phenolic OH excluding ortho intramolecular Hbond substituents is 1. The van der Waals surface area contributed by atoms with E-state index >= 15 is 0 Å². The smallest absolute Gasteiger partial charge is 0.165 e. The minimum absolute atomic E-state index is 0.307. The fraction of sp³-hybridized carbons (Fsp3) is 0.231. The van der Waals surface area contributed by atoms with Gasteiger partial charge in [0.05, 0.1) is 22.8 Å². The molecule has 0 atom stereocenters. The van der Waals surface area contributed by atoms with Crippen molar-refractivity contribution in [2.24, 2.45) is 4.99 Å². The molecule has 32 heavy (non-hydrogen) atoms. The predicted octanol–water partition coefficient (Wildman–Crippen LogP) is 5.09. The molecule has 3 heterocycles. The number of allylic oxidation sites excluding steroid dienone is 4. The van der Waals surface area contributed by atoms with E-state index in [-0.39, 0.29) is 5.75 Å². The Kier molecular flexibility index (Phi) is 4.36. The van der Waals surface area contributed by atoms with Crippen molar-refractivity contribution in [2.45, 2.75) is 32.7 Å². The molecule has 3 aromatic rings. The van der Waals surface area contributed by atoms with E-state index in [1.54, 1.807) is 0 Å². The second kappa shape index (κ2) is 7.28. The number of aromatic amines is 1. The first-order valence-corrected chi connectivity index (χ1v) is 11.1. The Balaban J connectivity index is 1.41. The SMILES string of the molecule is CCc1cc(O)c(F)cc1-c1ccc2c(c1)C1=CC(c3nc4c([nH]3)CNCC4)=CCC1=N2. The predicted molar refractivity (Wildman–Crippen MR) is 125 cm³/mol. The van der Waals surface area contributed by atoms with Crippen molar-refractivity contribution in [3.63, 3.8) is 0 Å². The van der Waals surface area contributed by atoms with Crippen LogP contribution in [0.2, 0.25) is 0 Å². The third-order valence-electron chi connectivity index (χ3n) is 6.51. The molecule has 0 bridgehead atoms. The molecular weight excluding hydrogens is 403 g/mol. The molecule has 3 aliphatic rings. The van der Waals surface area contributed by atoms with Gasteiger partial charge in [-0.05, 0) is 53.5 Å². The maximum Gasteiger partial charge on any atom is 0.165 e. The van der Waals surface area contributed by atoms with Crippen LogP contribution in [-0.4, -0.2) is 27.3 Å². The topological polar surface area (TPSA) is 73.3 Å². The number of aryl methyl sites for hydroxylation is 1. The Morgan fingerprint density at radius 2 is 2.06 bits per heavy atom. The fourth-order valence-electron chi connectivity index (χ4n) is 4.80. The first kappa shape index (κ1) is 19.2. The number of aliphatic imine (C=N–C) groups is 1. The number of nitrogens with one attached hydrogen (secondary N) is 2. The summed E-state index contributed by atoms with van der Waals surface area (Å²) in [4.78, 5) is 13.1. The number of rotatable bonds is 3. The molecule has 1 aromatic heterocycles. The minimum Gasteiger partial charge on any atom is -0.505 e. The van der Waals surface area contributed by atoms with Crippen molar-refractivity contribution >= 4 is 22.5 Å². The number of fused-ring (bicyclic) bond motifs is 4. The molecule has 2 aliphatic heterocycles. The third kappa shape index (κ3) is 3.02. The molecule has 2 aromatic carbocycles. The highest BCUT2D eigenvalue weighted by Gasteiger charge is 2.26. The zero-order valence-corrected chi connectivity index (χ0v) is 17.8. The molecule has 0 fully saturated rings. The van der Waals surface area contributed by atoms with Crippen molar-refractivity contribution < 1.29 is 9.50 Å². The van der Waals surface area contributed by atoms with Gasteiger partial charge in [0.25, 0.3) is 0 Å². The maximum atomic E-state index is 14.2. The monoisotopic (exact) mass is 426 g/mol. The summed E-state index contributed by atoms with van der Waals surface area (Å²) in [7, 11) is 0. The summed E-state index contributed by atoms with van der Waals surface area (Å²) in [5.74, 6) is -0.00441. The quantitative estimate of drug-likeness (QED) is 0.546. The molecular formula is C26H23FN4O. The Morgan fingerprint density at radius 1 is 1.16 bits per heavy atom. The Bertz CT molecular complexity index is 1340. The summed E-state index contributed by atoms with van der Waals surface area (Å²) in [6, 6.07) is 9.01. The zero-order valence-electron chi connectivity index (χ0n) is 17.8. The van der Waals surface area contributed by atoms with Gasteiger partial charge in [-0.15, -0.1) is 0 Å². The minimum atomic E-state index is -0.604. The van der Waals surface area contributed by atoms with Crippen LogP contribution in [0.3, 0.4) is 0 Å². The van der Waals surface area contributed by atoms with Crippen LogP contribution in [0.25, 0.3) is 22.3 Å². The Morgan fingerprint density at radius 3 is 2.91 bits per heavy atom. The molecule has 0 radical (unpaired) electrons. The third-order valence-corrected chi connectivity index (χ3v) is 6.51. The molecule has 6 rings (SSSR count). The van der Waals surface area contributed by atoms with Gasteiger partial charge in [0.1, 0.15) is 5.82 Å². The molecule has 0 amide bonds. The first-order chi connectivity index (χ1) is 15.6. The van der Waals surface area contributed by atoms with Crippen molar-refractivity contribution in [3.8, 4) is 16.9 Å². The second-order valence-corrected chi connectivity index (χ2v) is 8.46. The van der Waals surface area contributed by atoms with E-state index in [0.717, 1.165) is 82.2 Å². The molecule has 1 aliphatic carbocycles. The molecule has 5 nitrogen and oxygen atoms in total. The number of H-pyrrole nitrogens is 1. The largest absolute Gasteiger partial charge is 0.505 e. The lowest BCUT2D eigenvalue weighted by molar-refractivity contribution is 0.432. The Labute approximate surface area is 185 Å². The van der Waals surface area contributed by atoms with Crippen molar-refractivity contribution in [2.75, 3.05) is 6.54 Å². The number of aromatic nitrogens is 2. The van der Waals surface area contributed by atoms with Gasteiger partial charge in [-0.25, -0.2) is 9.37 Å². The molecule has 160 valence electrons. The average Bonchev–Trinajstić information content (AvgIpc) is 3.41. The summed E-state index contributed by atoms with van der Waals surface area (Å²) in [5.41, 5.74) is 10.2. The highest BCUT2D eigenvalue weighted by molar-refractivity contribution is 6.32. The molecule has 0 spiro atoms. The molecule has 0 unspecified atom stereocenters. The van der Waals surface area contributed by atoms with E-state index in [1.807, 2.05) is 19.1 Å². The van der Waals surface area contributed by atoms with Crippen LogP contribution in [0.5, 0.6) is 5.75 Å². The summed E-state index contributed by atoms with van der Waals surface area (Å²) < 4.78 is 14.2. The number of imidazole rings is 1. The normalized spacial score (nSPS) is 16.6. The number of benzene rings is 2.